The van der Waals surface area contributed by atoms with Crippen LogP contribution in [0, 0.1) is 11.8 Å². The Morgan fingerprint density at radius 2 is 2.00 bits per heavy atom. The largest absolute Gasteiger partial charge is 0.479 e. The fraction of sp³-hybridized carbons (Fsp3) is 0.833. The summed E-state index contributed by atoms with van der Waals surface area (Å²) < 4.78 is 0. The molecule has 6 heteroatoms. The minimum absolute atomic E-state index is 0.310. The van der Waals surface area contributed by atoms with Gasteiger partial charge < -0.3 is 20.8 Å². The molecule has 1 rings (SSSR count). The highest BCUT2D eigenvalue weighted by atomic mass is 16.4. The third-order valence-corrected chi connectivity index (χ3v) is 3.41. The number of nitrogens with one attached hydrogen (secondary N) is 2. The molecule has 0 aromatic heterocycles. The van der Waals surface area contributed by atoms with Crippen LogP contribution in [0.3, 0.4) is 0 Å². The average molecular weight is 258 g/mol. The molecule has 1 aliphatic rings. The number of carbonyl (C=O) groups is 2. The molecule has 18 heavy (non-hydrogen) atoms. The van der Waals surface area contributed by atoms with Gasteiger partial charge in [0.15, 0.2) is 5.60 Å². The van der Waals surface area contributed by atoms with Gasteiger partial charge in [-0.25, -0.2) is 9.59 Å². The van der Waals surface area contributed by atoms with Crippen LogP contribution in [0.1, 0.15) is 33.1 Å². The summed E-state index contributed by atoms with van der Waals surface area (Å²) in [5, 5.41) is 23.1. The highest BCUT2D eigenvalue weighted by Crippen LogP contribution is 2.29. The predicted molar refractivity (Wildman–Crippen MR) is 66.2 cm³/mol. The Morgan fingerprint density at radius 3 is 2.50 bits per heavy atom. The van der Waals surface area contributed by atoms with E-state index in [1.807, 2.05) is 0 Å². The number of rotatable bonds is 5. The molecule has 0 spiro atoms. The van der Waals surface area contributed by atoms with Crippen LogP contribution in [0.2, 0.25) is 0 Å². The Bertz CT molecular complexity index is 317. The first-order chi connectivity index (χ1) is 8.31. The molecule has 0 aromatic rings. The van der Waals surface area contributed by atoms with Crippen LogP contribution in [-0.2, 0) is 4.79 Å². The number of aliphatic carboxylic acids is 1. The Labute approximate surface area is 107 Å². The van der Waals surface area contributed by atoms with Gasteiger partial charge in [-0.05, 0) is 31.6 Å². The van der Waals surface area contributed by atoms with Gasteiger partial charge in [-0.1, -0.05) is 13.3 Å². The lowest BCUT2D eigenvalue weighted by Gasteiger charge is -2.19. The van der Waals surface area contributed by atoms with Gasteiger partial charge >= 0.3 is 12.0 Å². The number of carbonyl (C=O) groups excluding carboxylic acids is 1. The van der Waals surface area contributed by atoms with Crippen molar-refractivity contribution >= 4 is 12.0 Å². The summed E-state index contributed by atoms with van der Waals surface area (Å²) in [6.45, 7) is 3.64. The third kappa shape index (κ3) is 4.52. The summed E-state index contributed by atoms with van der Waals surface area (Å²) in [4.78, 5) is 22.0. The van der Waals surface area contributed by atoms with Gasteiger partial charge in [0.05, 0.1) is 6.54 Å². The van der Waals surface area contributed by atoms with Crippen LogP contribution in [0.25, 0.3) is 0 Å². The van der Waals surface area contributed by atoms with Crippen molar-refractivity contribution in [2.24, 2.45) is 11.8 Å². The molecule has 1 aliphatic carbocycles. The van der Waals surface area contributed by atoms with Crippen molar-refractivity contribution in [2.75, 3.05) is 13.1 Å². The highest BCUT2D eigenvalue weighted by Gasteiger charge is 2.30. The topological polar surface area (TPSA) is 98.7 Å². The van der Waals surface area contributed by atoms with Gasteiger partial charge in [0.25, 0.3) is 0 Å². The van der Waals surface area contributed by atoms with E-state index in [0.717, 1.165) is 19.8 Å². The Kier molecular flexibility index (Phi) is 4.95. The van der Waals surface area contributed by atoms with E-state index in [1.54, 1.807) is 0 Å². The molecular formula is C12H22N2O4. The van der Waals surface area contributed by atoms with Gasteiger partial charge in [0.1, 0.15) is 0 Å². The first-order valence-corrected chi connectivity index (χ1v) is 6.28. The average Bonchev–Trinajstić information content (AvgIpc) is 2.69. The maximum absolute atomic E-state index is 11.4. The Balaban J connectivity index is 2.20. The summed E-state index contributed by atoms with van der Waals surface area (Å²) in [6.07, 6.45) is 3.43. The summed E-state index contributed by atoms with van der Waals surface area (Å²) in [6, 6.07) is -0.434. The summed E-state index contributed by atoms with van der Waals surface area (Å²) >= 11 is 0. The zero-order chi connectivity index (χ0) is 13.8. The van der Waals surface area contributed by atoms with Crippen molar-refractivity contribution in [3.8, 4) is 0 Å². The monoisotopic (exact) mass is 258 g/mol. The molecule has 0 radical (unpaired) electrons. The number of hydrogen-bond acceptors (Lipinski definition) is 3. The molecule has 3 unspecified atom stereocenters. The number of aliphatic hydroxyl groups is 1. The number of urea groups is 1. The van der Waals surface area contributed by atoms with Crippen molar-refractivity contribution in [3.63, 3.8) is 0 Å². The second kappa shape index (κ2) is 6.04. The molecular weight excluding hydrogens is 236 g/mol. The molecule has 6 nitrogen and oxygen atoms in total. The fourth-order valence-corrected chi connectivity index (χ4v) is 2.14. The smallest absolute Gasteiger partial charge is 0.337 e. The van der Waals surface area contributed by atoms with E-state index in [4.69, 9.17) is 5.11 Å². The number of carboxylic acid groups (broad SMARTS) is 1. The molecule has 104 valence electrons. The molecule has 0 aromatic carbocycles. The first-order valence-electron chi connectivity index (χ1n) is 6.28. The number of amides is 2. The quantitative estimate of drug-likeness (QED) is 0.579. The Morgan fingerprint density at radius 1 is 1.33 bits per heavy atom. The van der Waals surface area contributed by atoms with Gasteiger partial charge in [0, 0.05) is 6.54 Å². The zero-order valence-corrected chi connectivity index (χ0v) is 10.9. The van der Waals surface area contributed by atoms with Crippen LogP contribution >= 0.6 is 0 Å². The van der Waals surface area contributed by atoms with Gasteiger partial charge in [-0.15, -0.1) is 0 Å². The molecule has 0 saturated heterocycles. The molecule has 1 saturated carbocycles. The second-order valence-corrected chi connectivity index (χ2v) is 5.43. The Hall–Kier alpha value is -1.30. The molecule has 0 bridgehead atoms. The predicted octanol–water partition coefficient (Wildman–Crippen LogP) is 0.557. The second-order valence-electron chi connectivity index (χ2n) is 5.43. The van der Waals surface area contributed by atoms with Crippen LogP contribution in [0.15, 0.2) is 0 Å². The van der Waals surface area contributed by atoms with Crippen molar-refractivity contribution in [2.45, 2.75) is 38.7 Å². The first kappa shape index (κ1) is 14.8. The minimum Gasteiger partial charge on any atom is -0.479 e. The van der Waals surface area contributed by atoms with Crippen LogP contribution in [0.5, 0.6) is 0 Å². The van der Waals surface area contributed by atoms with E-state index in [0.29, 0.717) is 18.4 Å². The molecule has 1 fully saturated rings. The van der Waals surface area contributed by atoms with Gasteiger partial charge in [-0.2, -0.15) is 0 Å². The van der Waals surface area contributed by atoms with Gasteiger partial charge in [0.2, 0.25) is 0 Å². The zero-order valence-electron chi connectivity index (χ0n) is 10.9. The third-order valence-electron chi connectivity index (χ3n) is 3.41. The van der Waals surface area contributed by atoms with E-state index >= 15 is 0 Å². The van der Waals surface area contributed by atoms with E-state index < -0.39 is 17.6 Å². The van der Waals surface area contributed by atoms with E-state index in [-0.39, 0.29) is 6.54 Å². The minimum atomic E-state index is -1.93. The van der Waals surface area contributed by atoms with Crippen molar-refractivity contribution in [1.29, 1.82) is 0 Å². The molecule has 0 aliphatic heterocycles. The molecule has 2 amide bonds. The molecule has 4 N–H and O–H groups in total. The van der Waals surface area contributed by atoms with Crippen molar-refractivity contribution in [3.05, 3.63) is 0 Å². The SMILES string of the molecule is CC1CCC(CNC(=O)NCC(C)(O)C(=O)O)C1. The normalized spacial score (nSPS) is 26.4. The summed E-state index contributed by atoms with van der Waals surface area (Å²) in [7, 11) is 0. The highest BCUT2D eigenvalue weighted by molar-refractivity contribution is 5.79. The van der Waals surface area contributed by atoms with Crippen molar-refractivity contribution in [1.82, 2.24) is 10.6 Å². The number of hydrogen-bond donors (Lipinski definition) is 4. The molecule has 3 atom stereocenters. The fourth-order valence-electron chi connectivity index (χ4n) is 2.14. The lowest BCUT2D eigenvalue weighted by molar-refractivity contribution is -0.155. The maximum Gasteiger partial charge on any atom is 0.337 e. The van der Waals surface area contributed by atoms with Gasteiger partial charge in [-0.3, -0.25) is 0 Å². The standard InChI is InChI=1S/C12H22N2O4/c1-8-3-4-9(5-8)6-13-11(17)14-7-12(2,18)10(15)16/h8-9,18H,3-7H2,1-2H3,(H,15,16)(H2,13,14,17). The lowest BCUT2D eigenvalue weighted by atomic mass is 10.1. The summed E-state index contributed by atoms with van der Waals surface area (Å²) in [5.41, 5.74) is -1.93. The van der Waals surface area contributed by atoms with Crippen LogP contribution in [-0.4, -0.2) is 40.9 Å². The lowest BCUT2D eigenvalue weighted by Crippen LogP contribution is -2.49. The molecule has 0 heterocycles. The maximum atomic E-state index is 11.4. The van der Waals surface area contributed by atoms with Crippen LogP contribution in [0.4, 0.5) is 4.79 Å². The summed E-state index contributed by atoms with van der Waals surface area (Å²) in [5.74, 6) is -0.134. The van der Waals surface area contributed by atoms with Crippen LogP contribution < -0.4 is 10.6 Å². The van der Waals surface area contributed by atoms with E-state index in [2.05, 4.69) is 17.6 Å². The van der Waals surface area contributed by atoms with E-state index in [9.17, 15) is 14.7 Å². The van der Waals surface area contributed by atoms with Crippen molar-refractivity contribution < 1.29 is 19.8 Å². The number of carboxylic acids is 1. The van der Waals surface area contributed by atoms with E-state index in [1.165, 1.54) is 6.42 Å².